The first-order valence-corrected chi connectivity index (χ1v) is 9.24. The number of hydrogen-bond donors (Lipinski definition) is 1. The number of nitrogens with zero attached hydrogens (tertiary/aromatic N) is 2. The van der Waals surface area contributed by atoms with E-state index in [1.54, 1.807) is 24.3 Å². The van der Waals surface area contributed by atoms with Crippen molar-refractivity contribution in [2.45, 2.75) is 27.2 Å². The lowest BCUT2D eigenvalue weighted by Gasteiger charge is -2.35. The van der Waals surface area contributed by atoms with E-state index in [-0.39, 0.29) is 11.6 Å². The number of pyridine rings is 1. The predicted octanol–water partition coefficient (Wildman–Crippen LogP) is 3.00. The third kappa shape index (κ3) is 4.27. The monoisotopic (exact) mass is 367 g/mol. The van der Waals surface area contributed by atoms with Crippen LogP contribution in [0.1, 0.15) is 46.7 Å². The Morgan fingerprint density at radius 1 is 1.15 bits per heavy atom. The Morgan fingerprint density at radius 2 is 1.85 bits per heavy atom. The van der Waals surface area contributed by atoms with E-state index >= 15 is 0 Å². The van der Waals surface area contributed by atoms with Gasteiger partial charge in [0.25, 0.3) is 11.6 Å². The number of carbonyl (C=O) groups excluding carboxylic acids is 2. The Bertz CT molecular complexity index is 856. The minimum absolute atomic E-state index is 0.00677. The number of benzene rings is 1. The summed E-state index contributed by atoms with van der Waals surface area (Å²) in [5.74, 6) is 0.432. The number of hydrogen-bond acceptors (Lipinski definition) is 3. The number of likely N-dealkylation sites (tertiary alicyclic amines) is 1. The molecule has 27 heavy (non-hydrogen) atoms. The number of aryl methyl sites for hydroxylation is 1. The molecule has 6 nitrogen and oxygen atoms in total. The first-order chi connectivity index (χ1) is 12.8. The van der Waals surface area contributed by atoms with Gasteiger partial charge in [-0.1, -0.05) is 19.9 Å². The average Bonchev–Trinajstić information content (AvgIpc) is 2.62. The first-order valence-electron chi connectivity index (χ1n) is 9.24. The molecule has 0 spiro atoms. The highest BCUT2D eigenvalue weighted by molar-refractivity contribution is 6.03. The molecule has 0 aliphatic carbocycles. The normalized spacial score (nSPS) is 19.6. The van der Waals surface area contributed by atoms with Gasteiger partial charge in [-0.15, -0.1) is 0 Å². The van der Waals surface area contributed by atoms with Gasteiger partial charge in [-0.2, -0.15) is 4.73 Å². The molecule has 1 aromatic heterocycles. The van der Waals surface area contributed by atoms with Crippen molar-refractivity contribution >= 4 is 17.5 Å². The Labute approximate surface area is 159 Å². The van der Waals surface area contributed by atoms with Gasteiger partial charge >= 0.3 is 5.91 Å². The quantitative estimate of drug-likeness (QED) is 0.669. The molecule has 6 heteroatoms. The van der Waals surface area contributed by atoms with Crippen molar-refractivity contribution in [3.05, 3.63) is 64.6 Å². The number of carbonyl (C=O) groups is 2. The van der Waals surface area contributed by atoms with Gasteiger partial charge in [0.1, 0.15) is 0 Å². The van der Waals surface area contributed by atoms with E-state index in [2.05, 4.69) is 19.2 Å². The van der Waals surface area contributed by atoms with Gasteiger partial charge < -0.3 is 15.4 Å². The molecule has 1 N–H and O–H groups in total. The van der Waals surface area contributed by atoms with Crippen LogP contribution in [-0.2, 0) is 0 Å². The van der Waals surface area contributed by atoms with E-state index in [0.717, 1.165) is 25.1 Å². The molecule has 1 saturated heterocycles. The van der Waals surface area contributed by atoms with Crippen molar-refractivity contribution in [2.75, 3.05) is 18.4 Å². The van der Waals surface area contributed by atoms with Crippen LogP contribution in [0.4, 0.5) is 5.69 Å². The number of piperidine rings is 1. The average molecular weight is 367 g/mol. The van der Waals surface area contributed by atoms with E-state index in [1.807, 2.05) is 17.9 Å². The number of rotatable bonds is 3. The third-order valence-electron chi connectivity index (χ3n) is 4.95. The molecule has 1 aliphatic rings. The highest BCUT2D eigenvalue weighted by Gasteiger charge is 2.26. The van der Waals surface area contributed by atoms with E-state index in [4.69, 9.17) is 0 Å². The number of amides is 2. The smallest absolute Gasteiger partial charge is 0.321 e. The molecular formula is C21H25N3O3. The second-order valence-electron chi connectivity index (χ2n) is 7.55. The van der Waals surface area contributed by atoms with Gasteiger partial charge in [-0.05, 0) is 48.9 Å². The van der Waals surface area contributed by atoms with Crippen molar-refractivity contribution in [3.63, 3.8) is 0 Å². The zero-order valence-corrected chi connectivity index (χ0v) is 15.9. The standard InChI is InChI=1S/C21H25N3O3/c1-14-10-15(2)13-23(12-14)21(26)17-8-7-16(3)18(11-17)22-20(25)19-6-4-5-9-24(19)27/h4-9,11,14-15H,10,12-13H2,1-3H3,(H,22,25)/t14-,15-/m1/s1. The maximum absolute atomic E-state index is 12.9. The summed E-state index contributed by atoms with van der Waals surface area (Å²) in [6, 6.07) is 9.95. The van der Waals surface area contributed by atoms with Gasteiger partial charge in [0, 0.05) is 36.5 Å². The van der Waals surface area contributed by atoms with Gasteiger partial charge in [0.2, 0.25) is 0 Å². The van der Waals surface area contributed by atoms with E-state index in [0.29, 0.717) is 27.8 Å². The Hall–Kier alpha value is -2.89. The first kappa shape index (κ1) is 18.9. The van der Waals surface area contributed by atoms with Crippen LogP contribution in [0.15, 0.2) is 42.6 Å². The molecule has 2 aromatic rings. The van der Waals surface area contributed by atoms with Crippen molar-refractivity contribution < 1.29 is 14.3 Å². The molecule has 2 heterocycles. The van der Waals surface area contributed by atoms with Crippen LogP contribution in [-0.4, -0.2) is 29.8 Å². The van der Waals surface area contributed by atoms with Crippen LogP contribution in [0, 0.1) is 24.0 Å². The fraction of sp³-hybridized carbons (Fsp3) is 0.381. The summed E-state index contributed by atoms with van der Waals surface area (Å²) in [6.45, 7) is 7.67. The van der Waals surface area contributed by atoms with Gasteiger partial charge in [0.05, 0.1) is 0 Å². The molecule has 1 fully saturated rings. The van der Waals surface area contributed by atoms with Gasteiger partial charge in [0.15, 0.2) is 6.20 Å². The molecule has 142 valence electrons. The molecular weight excluding hydrogens is 342 g/mol. The number of aromatic nitrogens is 1. The lowest BCUT2D eigenvalue weighted by atomic mass is 9.91. The van der Waals surface area contributed by atoms with Gasteiger partial charge in [-0.25, -0.2) is 0 Å². The lowest BCUT2D eigenvalue weighted by Crippen LogP contribution is -2.42. The van der Waals surface area contributed by atoms with Crippen LogP contribution in [0.5, 0.6) is 0 Å². The largest absolute Gasteiger partial charge is 0.618 e. The number of nitrogens with one attached hydrogen (secondary N) is 1. The second kappa shape index (κ2) is 7.78. The van der Waals surface area contributed by atoms with Crippen LogP contribution in [0.3, 0.4) is 0 Å². The summed E-state index contributed by atoms with van der Waals surface area (Å²) in [6.07, 6.45) is 2.41. The van der Waals surface area contributed by atoms with Crippen molar-refractivity contribution in [1.29, 1.82) is 0 Å². The summed E-state index contributed by atoms with van der Waals surface area (Å²) in [7, 11) is 0. The van der Waals surface area contributed by atoms with Crippen LogP contribution in [0.25, 0.3) is 0 Å². The summed E-state index contributed by atoms with van der Waals surface area (Å²) < 4.78 is 0.524. The molecule has 2 amide bonds. The SMILES string of the molecule is Cc1ccc(C(=O)N2C[C@H](C)C[C@@H](C)C2)cc1NC(=O)c1cccc[n+]1[O-]. The molecule has 2 atom stereocenters. The molecule has 0 bridgehead atoms. The van der Waals surface area contributed by atoms with E-state index in [9.17, 15) is 14.8 Å². The molecule has 0 unspecified atom stereocenters. The molecule has 3 rings (SSSR count). The van der Waals surface area contributed by atoms with E-state index in [1.165, 1.54) is 12.3 Å². The predicted molar refractivity (Wildman–Crippen MR) is 103 cm³/mol. The van der Waals surface area contributed by atoms with Crippen LogP contribution in [0.2, 0.25) is 0 Å². The fourth-order valence-corrected chi connectivity index (χ4v) is 3.69. The van der Waals surface area contributed by atoms with Crippen molar-refractivity contribution in [2.24, 2.45) is 11.8 Å². The number of anilines is 1. The zero-order valence-electron chi connectivity index (χ0n) is 15.9. The molecule has 0 saturated carbocycles. The third-order valence-corrected chi connectivity index (χ3v) is 4.95. The minimum Gasteiger partial charge on any atom is -0.618 e. The highest BCUT2D eigenvalue weighted by atomic mass is 16.5. The topological polar surface area (TPSA) is 76.4 Å². The lowest BCUT2D eigenvalue weighted by molar-refractivity contribution is -0.607. The maximum atomic E-state index is 12.9. The van der Waals surface area contributed by atoms with Gasteiger partial charge in [-0.3, -0.25) is 9.59 Å². The Balaban J connectivity index is 1.81. The fourth-order valence-electron chi connectivity index (χ4n) is 3.69. The summed E-state index contributed by atoms with van der Waals surface area (Å²) >= 11 is 0. The molecule has 1 aromatic carbocycles. The van der Waals surface area contributed by atoms with Crippen molar-refractivity contribution in [1.82, 2.24) is 4.90 Å². The second-order valence-corrected chi connectivity index (χ2v) is 7.55. The van der Waals surface area contributed by atoms with E-state index < -0.39 is 5.91 Å². The summed E-state index contributed by atoms with van der Waals surface area (Å²) in [5.41, 5.74) is 1.91. The Morgan fingerprint density at radius 3 is 2.52 bits per heavy atom. The highest BCUT2D eigenvalue weighted by Crippen LogP contribution is 2.24. The summed E-state index contributed by atoms with van der Waals surface area (Å²) in [5, 5.41) is 14.5. The minimum atomic E-state index is -0.501. The van der Waals surface area contributed by atoms with Crippen LogP contribution >= 0.6 is 0 Å². The summed E-state index contributed by atoms with van der Waals surface area (Å²) in [4.78, 5) is 27.2. The maximum Gasteiger partial charge on any atom is 0.321 e. The van der Waals surface area contributed by atoms with Crippen LogP contribution < -0.4 is 10.0 Å². The molecule has 0 radical (unpaired) electrons. The zero-order chi connectivity index (χ0) is 19.6. The van der Waals surface area contributed by atoms with Crippen molar-refractivity contribution in [3.8, 4) is 0 Å². The molecule has 1 aliphatic heterocycles. The Kier molecular flexibility index (Phi) is 5.44.